The van der Waals surface area contributed by atoms with Gasteiger partial charge in [0, 0.05) is 53.2 Å². The Morgan fingerprint density at radius 3 is 2.63 bits per heavy atom. The summed E-state index contributed by atoms with van der Waals surface area (Å²) in [5.74, 6) is 1.25. The predicted molar refractivity (Wildman–Crippen MR) is 79.1 cm³/mol. The Morgan fingerprint density at radius 1 is 1.37 bits per heavy atom. The zero-order valence-corrected chi connectivity index (χ0v) is 12.3. The Hall–Kier alpha value is -1.36. The van der Waals surface area contributed by atoms with E-state index >= 15 is 0 Å². The van der Waals surface area contributed by atoms with Gasteiger partial charge in [0.25, 0.3) is 5.91 Å². The van der Waals surface area contributed by atoms with Gasteiger partial charge in [-0.3, -0.25) is 9.00 Å². The van der Waals surface area contributed by atoms with Crippen molar-refractivity contribution in [1.29, 1.82) is 0 Å². The first-order chi connectivity index (χ1) is 9.11. The van der Waals surface area contributed by atoms with Crippen molar-refractivity contribution < 1.29 is 9.00 Å². The molecule has 0 aromatic heterocycles. The van der Waals surface area contributed by atoms with E-state index in [9.17, 15) is 9.00 Å². The summed E-state index contributed by atoms with van der Waals surface area (Å²) in [7, 11) is -0.749. The van der Waals surface area contributed by atoms with Gasteiger partial charge in [-0.05, 0) is 37.6 Å². The first-order valence-electron chi connectivity index (χ1n) is 6.60. The fourth-order valence-electron chi connectivity index (χ4n) is 2.23. The number of aryl methyl sites for hydroxylation is 1. The monoisotopic (exact) mass is 280 g/mol. The molecule has 1 saturated heterocycles. The molecule has 0 atom stereocenters. The van der Waals surface area contributed by atoms with Crippen LogP contribution in [0.2, 0.25) is 0 Å². The van der Waals surface area contributed by atoms with E-state index in [0.29, 0.717) is 24.6 Å². The van der Waals surface area contributed by atoms with Crippen LogP contribution in [-0.4, -0.2) is 46.2 Å². The van der Waals surface area contributed by atoms with Gasteiger partial charge in [0.15, 0.2) is 0 Å². The molecule has 0 aliphatic carbocycles. The van der Waals surface area contributed by atoms with Crippen molar-refractivity contribution >= 4 is 22.4 Å². The number of anilines is 1. The first-order valence-corrected chi connectivity index (χ1v) is 8.09. The second-order valence-corrected chi connectivity index (χ2v) is 6.40. The van der Waals surface area contributed by atoms with Crippen LogP contribution in [0.5, 0.6) is 0 Å². The third kappa shape index (κ3) is 3.35. The zero-order chi connectivity index (χ0) is 13.8. The number of benzene rings is 1. The number of rotatable bonds is 3. The number of carbonyl (C=O) groups excluding carboxylic acids is 1. The molecule has 2 rings (SSSR count). The van der Waals surface area contributed by atoms with Gasteiger partial charge in [0.05, 0.1) is 0 Å². The molecule has 5 heteroatoms. The van der Waals surface area contributed by atoms with Crippen LogP contribution in [0, 0.1) is 6.92 Å². The van der Waals surface area contributed by atoms with E-state index in [1.165, 1.54) is 0 Å². The molecule has 0 unspecified atom stereocenters. The number of amides is 1. The smallest absolute Gasteiger partial charge is 0.254 e. The maximum atomic E-state index is 12.4. The zero-order valence-electron chi connectivity index (χ0n) is 11.4. The summed E-state index contributed by atoms with van der Waals surface area (Å²) in [6.07, 6.45) is 0. The maximum Gasteiger partial charge on any atom is 0.254 e. The van der Waals surface area contributed by atoms with Crippen LogP contribution < -0.4 is 5.32 Å². The second-order valence-electron chi connectivity index (χ2n) is 4.70. The van der Waals surface area contributed by atoms with E-state index in [-0.39, 0.29) is 5.91 Å². The molecule has 19 heavy (non-hydrogen) atoms. The topological polar surface area (TPSA) is 49.4 Å². The van der Waals surface area contributed by atoms with E-state index in [2.05, 4.69) is 5.32 Å². The Kier molecular flexibility index (Phi) is 4.58. The summed E-state index contributed by atoms with van der Waals surface area (Å²) in [6.45, 7) is 6.06. The van der Waals surface area contributed by atoms with Gasteiger partial charge in [0.2, 0.25) is 0 Å². The van der Waals surface area contributed by atoms with Gasteiger partial charge in [-0.1, -0.05) is 0 Å². The molecule has 104 valence electrons. The van der Waals surface area contributed by atoms with Crippen LogP contribution in [0.3, 0.4) is 0 Å². The van der Waals surface area contributed by atoms with Gasteiger partial charge in [-0.15, -0.1) is 0 Å². The number of carbonyl (C=O) groups is 1. The molecule has 0 spiro atoms. The molecule has 1 N–H and O–H groups in total. The summed E-state index contributed by atoms with van der Waals surface area (Å²) >= 11 is 0. The standard InChI is InChI=1S/C14H20N2O2S/c1-3-15-12-4-5-13(11(2)10-12)14(17)16-6-8-19(18)9-7-16/h4-5,10,15H,3,6-9H2,1-2H3. The highest BCUT2D eigenvalue weighted by atomic mass is 32.2. The van der Waals surface area contributed by atoms with Crippen LogP contribution in [-0.2, 0) is 10.8 Å². The minimum atomic E-state index is -0.749. The highest BCUT2D eigenvalue weighted by Gasteiger charge is 2.22. The Balaban J connectivity index is 2.12. The summed E-state index contributed by atoms with van der Waals surface area (Å²) in [4.78, 5) is 14.2. The molecule has 1 aromatic carbocycles. The Labute approximate surface area is 116 Å². The van der Waals surface area contributed by atoms with E-state index in [0.717, 1.165) is 23.4 Å². The van der Waals surface area contributed by atoms with E-state index < -0.39 is 10.8 Å². The van der Waals surface area contributed by atoms with Gasteiger partial charge >= 0.3 is 0 Å². The van der Waals surface area contributed by atoms with Crippen molar-refractivity contribution in [2.45, 2.75) is 13.8 Å². The van der Waals surface area contributed by atoms with E-state index in [1.54, 1.807) is 4.90 Å². The molecule has 1 heterocycles. The Morgan fingerprint density at radius 2 is 2.05 bits per heavy atom. The van der Waals surface area contributed by atoms with Gasteiger partial charge in [-0.25, -0.2) is 0 Å². The lowest BCUT2D eigenvalue weighted by Gasteiger charge is -2.27. The molecule has 0 radical (unpaired) electrons. The number of hydrogen-bond donors (Lipinski definition) is 1. The van der Waals surface area contributed by atoms with Crippen molar-refractivity contribution in [3.63, 3.8) is 0 Å². The molecule has 1 aliphatic heterocycles. The molecular weight excluding hydrogens is 260 g/mol. The van der Waals surface area contributed by atoms with E-state index in [4.69, 9.17) is 0 Å². The fraction of sp³-hybridized carbons (Fsp3) is 0.500. The molecule has 1 amide bonds. The number of nitrogens with one attached hydrogen (secondary N) is 1. The van der Waals surface area contributed by atoms with Crippen LogP contribution in [0.1, 0.15) is 22.8 Å². The van der Waals surface area contributed by atoms with Crippen LogP contribution in [0.15, 0.2) is 18.2 Å². The average Bonchev–Trinajstić information content (AvgIpc) is 2.39. The molecular formula is C14H20N2O2S. The summed E-state index contributed by atoms with van der Waals surface area (Å²) < 4.78 is 11.3. The van der Waals surface area contributed by atoms with Crippen molar-refractivity contribution in [2.24, 2.45) is 0 Å². The van der Waals surface area contributed by atoms with Gasteiger partial charge in [0.1, 0.15) is 0 Å². The normalized spacial score (nSPS) is 16.4. The largest absolute Gasteiger partial charge is 0.385 e. The summed E-state index contributed by atoms with van der Waals surface area (Å²) in [5.41, 5.74) is 2.76. The minimum Gasteiger partial charge on any atom is -0.385 e. The van der Waals surface area contributed by atoms with Crippen molar-refractivity contribution in [2.75, 3.05) is 36.5 Å². The predicted octanol–water partition coefficient (Wildman–Crippen LogP) is 1.63. The summed E-state index contributed by atoms with van der Waals surface area (Å²) in [6, 6.07) is 5.81. The molecule has 0 saturated carbocycles. The third-order valence-electron chi connectivity index (χ3n) is 3.30. The lowest BCUT2D eigenvalue weighted by molar-refractivity contribution is 0.0770. The number of nitrogens with zero attached hydrogens (tertiary/aromatic N) is 1. The SMILES string of the molecule is CCNc1ccc(C(=O)N2CCS(=O)CC2)c(C)c1. The molecule has 0 bridgehead atoms. The van der Waals surface area contributed by atoms with Crippen LogP contribution >= 0.6 is 0 Å². The molecule has 4 nitrogen and oxygen atoms in total. The van der Waals surface area contributed by atoms with Crippen molar-refractivity contribution in [3.8, 4) is 0 Å². The van der Waals surface area contributed by atoms with Crippen LogP contribution in [0.4, 0.5) is 5.69 Å². The van der Waals surface area contributed by atoms with Crippen molar-refractivity contribution in [1.82, 2.24) is 4.90 Å². The lowest BCUT2D eigenvalue weighted by Crippen LogP contribution is -2.42. The molecule has 1 fully saturated rings. The quantitative estimate of drug-likeness (QED) is 0.915. The highest BCUT2D eigenvalue weighted by Crippen LogP contribution is 2.17. The first kappa shape index (κ1) is 14.1. The van der Waals surface area contributed by atoms with E-state index in [1.807, 2.05) is 32.0 Å². The Bertz CT molecular complexity index is 492. The molecule has 1 aliphatic rings. The minimum absolute atomic E-state index is 0.0530. The molecule has 1 aromatic rings. The third-order valence-corrected chi connectivity index (χ3v) is 4.58. The van der Waals surface area contributed by atoms with Crippen molar-refractivity contribution in [3.05, 3.63) is 29.3 Å². The summed E-state index contributed by atoms with van der Waals surface area (Å²) in [5, 5.41) is 3.23. The second kappa shape index (κ2) is 6.19. The highest BCUT2D eigenvalue weighted by molar-refractivity contribution is 7.85. The number of hydrogen-bond acceptors (Lipinski definition) is 3. The lowest BCUT2D eigenvalue weighted by atomic mass is 10.1. The average molecular weight is 280 g/mol. The maximum absolute atomic E-state index is 12.4. The van der Waals surface area contributed by atoms with Gasteiger partial charge < -0.3 is 10.2 Å². The van der Waals surface area contributed by atoms with Gasteiger partial charge in [-0.2, -0.15) is 0 Å². The van der Waals surface area contributed by atoms with Crippen LogP contribution in [0.25, 0.3) is 0 Å². The fourth-order valence-corrected chi connectivity index (χ4v) is 3.28.